The molecule has 0 saturated carbocycles. The maximum absolute atomic E-state index is 13.8. The molecule has 3 aromatic rings. The average Bonchev–Trinajstić information content (AvgIpc) is 3.26. The highest BCUT2D eigenvalue weighted by atomic mass is 16.5. The highest BCUT2D eigenvalue weighted by molar-refractivity contribution is 5.96. The number of hydrogen-bond donors (Lipinski definition) is 3. The number of benzene rings is 1. The van der Waals surface area contributed by atoms with Crippen molar-refractivity contribution in [1.29, 1.82) is 0 Å². The average molecular weight is 605 g/mol. The monoisotopic (exact) mass is 604 g/mol. The van der Waals surface area contributed by atoms with Crippen LogP contribution >= 0.6 is 0 Å². The van der Waals surface area contributed by atoms with Gasteiger partial charge in [-0.3, -0.25) is 14.4 Å². The van der Waals surface area contributed by atoms with E-state index in [1.54, 1.807) is 32.4 Å². The van der Waals surface area contributed by atoms with Gasteiger partial charge in [-0.1, -0.05) is 26.3 Å². The molecule has 0 fully saturated rings. The second-order valence-corrected chi connectivity index (χ2v) is 10.7. The number of ether oxygens (including phenoxy) is 4. The SMILES string of the molecule is CC[C@@H](C)[C@H](Nc1ccc2c(cc1=O)[C@@H](NC(C)=O)CCc1cc(OC)c(OC)c(OC)c1-2)C(=O)Nc1ccc(OC)nc1. The number of methoxy groups -OCH3 is 4. The molecule has 3 atom stereocenters. The summed E-state index contributed by atoms with van der Waals surface area (Å²) in [5.41, 5.74) is 3.43. The zero-order valence-corrected chi connectivity index (χ0v) is 26.2. The zero-order chi connectivity index (χ0) is 32.0. The summed E-state index contributed by atoms with van der Waals surface area (Å²) in [7, 11) is 6.17. The van der Waals surface area contributed by atoms with Crippen molar-refractivity contribution in [2.24, 2.45) is 5.92 Å². The van der Waals surface area contributed by atoms with Crippen LogP contribution in [0, 0.1) is 5.92 Å². The largest absolute Gasteiger partial charge is 0.493 e. The minimum Gasteiger partial charge on any atom is -0.493 e. The van der Waals surface area contributed by atoms with Crippen molar-refractivity contribution in [3.63, 3.8) is 0 Å². The maximum Gasteiger partial charge on any atom is 0.247 e. The summed E-state index contributed by atoms with van der Waals surface area (Å²) in [6.07, 6.45) is 3.33. The first-order valence-corrected chi connectivity index (χ1v) is 14.5. The number of amides is 2. The van der Waals surface area contributed by atoms with Crippen molar-refractivity contribution in [3.8, 4) is 34.3 Å². The lowest BCUT2D eigenvalue weighted by atomic mass is 9.95. The molecule has 1 aliphatic carbocycles. The first kappa shape index (κ1) is 32.1. The Morgan fingerprint density at radius 3 is 2.34 bits per heavy atom. The van der Waals surface area contributed by atoms with Gasteiger partial charge in [0.15, 0.2) is 11.5 Å². The van der Waals surface area contributed by atoms with E-state index in [1.807, 2.05) is 26.0 Å². The second kappa shape index (κ2) is 14.1. The first-order valence-electron chi connectivity index (χ1n) is 14.5. The van der Waals surface area contributed by atoms with Crippen LogP contribution in [0.5, 0.6) is 23.1 Å². The molecule has 1 aromatic heterocycles. The molecule has 0 bridgehead atoms. The van der Waals surface area contributed by atoms with Crippen molar-refractivity contribution < 1.29 is 28.5 Å². The van der Waals surface area contributed by atoms with Crippen molar-refractivity contribution in [2.75, 3.05) is 39.1 Å². The zero-order valence-electron chi connectivity index (χ0n) is 26.2. The summed E-state index contributed by atoms with van der Waals surface area (Å²) in [6.45, 7) is 5.38. The van der Waals surface area contributed by atoms with Crippen LogP contribution in [-0.2, 0) is 16.0 Å². The molecule has 1 heterocycles. The van der Waals surface area contributed by atoms with Crippen LogP contribution in [0.3, 0.4) is 0 Å². The van der Waals surface area contributed by atoms with E-state index >= 15 is 0 Å². The van der Waals surface area contributed by atoms with Crippen molar-refractivity contribution in [3.05, 3.63) is 63.9 Å². The fourth-order valence-electron chi connectivity index (χ4n) is 5.49. The number of anilines is 2. The molecule has 2 aromatic carbocycles. The highest BCUT2D eigenvalue weighted by Crippen LogP contribution is 2.50. The molecule has 11 heteroatoms. The Bertz CT molecular complexity index is 1580. The number of fused-ring (bicyclic) bond motifs is 3. The van der Waals surface area contributed by atoms with E-state index in [-0.39, 0.29) is 28.8 Å². The molecule has 2 amide bonds. The van der Waals surface area contributed by atoms with Gasteiger partial charge in [0.05, 0.1) is 52.1 Å². The van der Waals surface area contributed by atoms with E-state index in [0.29, 0.717) is 59.2 Å². The number of pyridine rings is 1. The third-order valence-corrected chi connectivity index (χ3v) is 7.94. The van der Waals surface area contributed by atoms with Gasteiger partial charge in [-0.25, -0.2) is 4.98 Å². The lowest BCUT2D eigenvalue weighted by molar-refractivity contribution is -0.120. The Hall–Kier alpha value is -4.80. The molecule has 234 valence electrons. The van der Waals surface area contributed by atoms with Gasteiger partial charge in [-0.15, -0.1) is 0 Å². The Balaban J connectivity index is 1.83. The number of nitrogens with one attached hydrogen (secondary N) is 3. The molecule has 4 rings (SSSR count). The van der Waals surface area contributed by atoms with E-state index < -0.39 is 12.1 Å². The lowest BCUT2D eigenvalue weighted by Gasteiger charge is -2.24. The number of aromatic nitrogens is 1. The number of rotatable bonds is 11. The molecule has 0 unspecified atom stereocenters. The molecule has 0 radical (unpaired) electrons. The summed E-state index contributed by atoms with van der Waals surface area (Å²) in [5, 5.41) is 9.11. The van der Waals surface area contributed by atoms with Gasteiger partial charge in [-0.05, 0) is 59.7 Å². The predicted molar refractivity (Wildman–Crippen MR) is 169 cm³/mol. The Labute approximate surface area is 257 Å². The van der Waals surface area contributed by atoms with Crippen LogP contribution in [0.25, 0.3) is 11.1 Å². The maximum atomic E-state index is 13.8. The minimum atomic E-state index is -0.727. The second-order valence-electron chi connectivity index (χ2n) is 10.7. The lowest BCUT2D eigenvalue weighted by Crippen LogP contribution is -2.40. The summed E-state index contributed by atoms with van der Waals surface area (Å²) >= 11 is 0. The van der Waals surface area contributed by atoms with E-state index in [1.165, 1.54) is 33.4 Å². The summed E-state index contributed by atoms with van der Waals surface area (Å²) in [5.74, 6) is 1.19. The molecular formula is C33H40N4O7. The van der Waals surface area contributed by atoms with Crippen LogP contribution in [0.2, 0.25) is 0 Å². The van der Waals surface area contributed by atoms with Crippen LogP contribution < -0.4 is 40.3 Å². The molecule has 3 N–H and O–H groups in total. The first-order chi connectivity index (χ1) is 21.1. The van der Waals surface area contributed by atoms with Crippen molar-refractivity contribution in [1.82, 2.24) is 10.3 Å². The third kappa shape index (κ3) is 6.72. The Kier molecular flexibility index (Phi) is 10.3. The molecule has 44 heavy (non-hydrogen) atoms. The third-order valence-electron chi connectivity index (χ3n) is 7.94. The standard InChI is InChI=1S/C33H40N4O7/c1-8-18(2)30(33(40)36-21-10-14-28(42-5)34-17-21)37-25-13-11-22-23(16-26(25)39)24(35-19(3)38)12-9-20-15-27(41-4)31(43-6)32(44-7)29(20)22/h10-11,13-18,24,30H,8-9,12H2,1-7H3,(H,35,38)(H,36,40)(H,37,39)/t18-,24+,30+/m1/s1. The fraction of sp³-hybridized carbons (Fsp3) is 0.394. The van der Waals surface area contributed by atoms with Gasteiger partial charge in [0.25, 0.3) is 0 Å². The number of hydrogen-bond acceptors (Lipinski definition) is 9. The molecule has 0 spiro atoms. The molecular weight excluding hydrogens is 564 g/mol. The topological polar surface area (TPSA) is 137 Å². The van der Waals surface area contributed by atoms with Crippen LogP contribution in [0.1, 0.15) is 50.8 Å². The molecule has 11 nitrogen and oxygen atoms in total. The fourth-order valence-corrected chi connectivity index (χ4v) is 5.49. The van der Waals surface area contributed by atoms with Gasteiger partial charge in [0.2, 0.25) is 28.9 Å². The normalized spacial score (nSPS) is 14.9. The summed E-state index contributed by atoms with van der Waals surface area (Å²) in [4.78, 5) is 43.7. The van der Waals surface area contributed by atoms with E-state index in [2.05, 4.69) is 20.9 Å². The van der Waals surface area contributed by atoms with Gasteiger partial charge < -0.3 is 34.9 Å². The molecule has 1 aliphatic rings. The minimum absolute atomic E-state index is 0.117. The number of nitrogens with zero attached hydrogens (tertiary/aromatic N) is 1. The predicted octanol–water partition coefficient (Wildman–Crippen LogP) is 4.73. The van der Waals surface area contributed by atoms with Gasteiger partial charge >= 0.3 is 0 Å². The van der Waals surface area contributed by atoms with Gasteiger partial charge in [0, 0.05) is 18.6 Å². The quantitative estimate of drug-likeness (QED) is 0.284. The number of aryl methyl sites for hydroxylation is 1. The summed E-state index contributed by atoms with van der Waals surface area (Å²) in [6, 6.07) is 9.12. The molecule has 0 saturated heterocycles. The van der Waals surface area contributed by atoms with Gasteiger partial charge in [-0.2, -0.15) is 0 Å². The van der Waals surface area contributed by atoms with Crippen molar-refractivity contribution >= 4 is 23.2 Å². The van der Waals surface area contributed by atoms with Crippen LogP contribution in [0.15, 0.2) is 47.4 Å². The van der Waals surface area contributed by atoms with E-state index in [9.17, 15) is 14.4 Å². The van der Waals surface area contributed by atoms with Crippen LogP contribution in [0.4, 0.5) is 11.4 Å². The van der Waals surface area contributed by atoms with Crippen molar-refractivity contribution in [2.45, 2.75) is 52.1 Å². The number of carbonyl (C=O) groups is 2. The number of carbonyl (C=O) groups excluding carboxylic acids is 2. The Morgan fingerprint density at radius 2 is 1.75 bits per heavy atom. The van der Waals surface area contributed by atoms with Crippen LogP contribution in [-0.4, -0.2) is 51.3 Å². The smallest absolute Gasteiger partial charge is 0.247 e. The van der Waals surface area contributed by atoms with E-state index in [4.69, 9.17) is 18.9 Å². The van der Waals surface area contributed by atoms with Gasteiger partial charge in [0.1, 0.15) is 6.04 Å². The Morgan fingerprint density at radius 1 is 1.00 bits per heavy atom. The highest BCUT2D eigenvalue weighted by Gasteiger charge is 2.30. The molecule has 0 aliphatic heterocycles. The summed E-state index contributed by atoms with van der Waals surface area (Å²) < 4.78 is 22.2. The van der Waals surface area contributed by atoms with E-state index in [0.717, 1.165) is 11.1 Å².